The van der Waals surface area contributed by atoms with Crippen LogP contribution in [0.5, 0.6) is 0 Å². The molecule has 1 amide bonds. The summed E-state index contributed by atoms with van der Waals surface area (Å²) in [6.07, 6.45) is 10.1. The van der Waals surface area contributed by atoms with Gasteiger partial charge in [-0.05, 0) is 48.6 Å². The van der Waals surface area contributed by atoms with Crippen LogP contribution in [-0.2, 0) is 17.8 Å². The Kier molecular flexibility index (Phi) is 5.48. The SMILES string of the molecule is CCc1ccc2sc(N(Cc3cccnc3)C(=O)C3CCCCC3)nc2c1. The van der Waals surface area contributed by atoms with Crippen LogP contribution in [0.25, 0.3) is 10.2 Å². The smallest absolute Gasteiger partial charge is 0.232 e. The number of pyridine rings is 1. The standard InChI is InChI=1S/C22H25N3OS/c1-2-16-10-11-20-19(13-16)24-22(27-20)25(15-17-7-6-12-23-14-17)21(26)18-8-4-3-5-9-18/h6-7,10-14,18H,2-5,8-9,15H2,1H3. The van der Waals surface area contributed by atoms with Gasteiger partial charge in [0.1, 0.15) is 0 Å². The lowest BCUT2D eigenvalue weighted by molar-refractivity contribution is -0.123. The van der Waals surface area contributed by atoms with Crippen LogP contribution in [0.1, 0.15) is 50.2 Å². The van der Waals surface area contributed by atoms with Crippen molar-refractivity contribution in [2.75, 3.05) is 4.90 Å². The van der Waals surface area contributed by atoms with Crippen LogP contribution >= 0.6 is 11.3 Å². The van der Waals surface area contributed by atoms with Crippen LogP contribution in [0, 0.1) is 5.92 Å². The summed E-state index contributed by atoms with van der Waals surface area (Å²) in [7, 11) is 0. The molecule has 0 bridgehead atoms. The summed E-state index contributed by atoms with van der Waals surface area (Å²) in [5, 5.41) is 0.803. The molecule has 0 unspecified atom stereocenters. The maximum absolute atomic E-state index is 13.4. The minimum absolute atomic E-state index is 0.119. The van der Waals surface area contributed by atoms with Crippen molar-refractivity contribution in [3.05, 3.63) is 53.9 Å². The molecule has 3 aromatic rings. The molecule has 1 saturated carbocycles. The molecular formula is C22H25N3OS. The van der Waals surface area contributed by atoms with Gasteiger partial charge in [0, 0.05) is 18.3 Å². The Bertz CT molecular complexity index is 916. The highest BCUT2D eigenvalue weighted by Crippen LogP contribution is 2.33. The van der Waals surface area contributed by atoms with Crippen LogP contribution in [-0.4, -0.2) is 15.9 Å². The number of aryl methyl sites for hydroxylation is 1. The number of fused-ring (bicyclic) bond motifs is 1. The first-order valence-corrected chi connectivity index (χ1v) is 10.7. The molecule has 27 heavy (non-hydrogen) atoms. The van der Waals surface area contributed by atoms with E-state index in [0.29, 0.717) is 6.54 Å². The highest BCUT2D eigenvalue weighted by molar-refractivity contribution is 7.22. The van der Waals surface area contributed by atoms with Gasteiger partial charge in [0.25, 0.3) is 0 Å². The molecule has 0 aliphatic heterocycles. The normalized spacial score (nSPS) is 15.1. The number of hydrogen-bond donors (Lipinski definition) is 0. The van der Waals surface area contributed by atoms with E-state index >= 15 is 0 Å². The first-order valence-electron chi connectivity index (χ1n) is 9.84. The van der Waals surface area contributed by atoms with Crippen molar-refractivity contribution in [3.63, 3.8) is 0 Å². The zero-order valence-electron chi connectivity index (χ0n) is 15.7. The van der Waals surface area contributed by atoms with Crippen molar-refractivity contribution in [1.29, 1.82) is 0 Å². The Hall–Kier alpha value is -2.27. The summed E-state index contributed by atoms with van der Waals surface area (Å²) in [6.45, 7) is 2.68. The quantitative estimate of drug-likeness (QED) is 0.599. The molecular weight excluding hydrogens is 354 g/mol. The molecule has 4 nitrogen and oxygen atoms in total. The number of rotatable bonds is 5. The number of hydrogen-bond acceptors (Lipinski definition) is 4. The molecule has 2 aromatic heterocycles. The van der Waals surface area contributed by atoms with Crippen LogP contribution < -0.4 is 4.90 Å². The monoisotopic (exact) mass is 379 g/mol. The lowest BCUT2D eigenvalue weighted by Crippen LogP contribution is -2.36. The van der Waals surface area contributed by atoms with Gasteiger partial charge >= 0.3 is 0 Å². The Morgan fingerprint density at radius 2 is 2.04 bits per heavy atom. The fourth-order valence-electron chi connectivity index (χ4n) is 3.78. The van der Waals surface area contributed by atoms with E-state index in [2.05, 4.69) is 30.1 Å². The van der Waals surface area contributed by atoms with E-state index in [1.807, 2.05) is 23.2 Å². The largest absolute Gasteiger partial charge is 0.283 e. The average molecular weight is 380 g/mol. The number of carbonyl (C=O) groups excluding carboxylic acids is 1. The van der Waals surface area contributed by atoms with Gasteiger partial charge in [-0.3, -0.25) is 14.7 Å². The summed E-state index contributed by atoms with van der Waals surface area (Å²) in [6, 6.07) is 10.4. The molecule has 2 heterocycles. The molecule has 0 saturated heterocycles. The molecule has 140 valence electrons. The molecule has 1 aliphatic carbocycles. The van der Waals surface area contributed by atoms with Crippen molar-refractivity contribution in [2.24, 2.45) is 5.92 Å². The number of benzene rings is 1. The number of amides is 1. The number of nitrogens with zero attached hydrogens (tertiary/aromatic N) is 3. The molecule has 0 spiro atoms. The van der Waals surface area contributed by atoms with E-state index in [1.165, 1.54) is 12.0 Å². The zero-order valence-corrected chi connectivity index (χ0v) is 16.5. The summed E-state index contributed by atoms with van der Waals surface area (Å²) < 4.78 is 1.13. The van der Waals surface area contributed by atoms with Crippen LogP contribution in [0.15, 0.2) is 42.7 Å². The first kappa shape index (κ1) is 18.1. The highest BCUT2D eigenvalue weighted by atomic mass is 32.1. The molecule has 0 atom stereocenters. The van der Waals surface area contributed by atoms with E-state index < -0.39 is 0 Å². The Balaban J connectivity index is 1.69. The summed E-state index contributed by atoms with van der Waals surface area (Å²) in [5.74, 6) is 0.335. The zero-order chi connectivity index (χ0) is 18.6. The summed E-state index contributed by atoms with van der Waals surface area (Å²) in [4.78, 5) is 24.3. The van der Waals surface area contributed by atoms with Gasteiger partial charge in [0.2, 0.25) is 5.91 Å². The fourth-order valence-corrected chi connectivity index (χ4v) is 4.73. The third-order valence-corrected chi connectivity index (χ3v) is 6.42. The van der Waals surface area contributed by atoms with Gasteiger partial charge in [-0.25, -0.2) is 4.98 Å². The first-order chi connectivity index (χ1) is 13.2. The minimum Gasteiger partial charge on any atom is -0.283 e. The average Bonchev–Trinajstić information content (AvgIpc) is 3.15. The predicted octanol–water partition coefficient (Wildman–Crippen LogP) is 5.37. The van der Waals surface area contributed by atoms with E-state index in [-0.39, 0.29) is 11.8 Å². The van der Waals surface area contributed by atoms with E-state index in [4.69, 9.17) is 4.98 Å². The molecule has 1 aromatic carbocycles. The molecule has 0 N–H and O–H groups in total. The van der Waals surface area contributed by atoms with E-state index in [1.54, 1.807) is 17.5 Å². The fraction of sp³-hybridized carbons (Fsp3) is 0.409. The van der Waals surface area contributed by atoms with Crippen molar-refractivity contribution < 1.29 is 4.79 Å². The van der Waals surface area contributed by atoms with Gasteiger partial charge in [-0.1, -0.05) is 49.7 Å². The van der Waals surface area contributed by atoms with Crippen molar-refractivity contribution in [1.82, 2.24) is 9.97 Å². The van der Waals surface area contributed by atoms with Gasteiger partial charge in [0.05, 0.1) is 16.8 Å². The van der Waals surface area contributed by atoms with Crippen molar-refractivity contribution in [2.45, 2.75) is 52.0 Å². The maximum atomic E-state index is 13.4. The number of anilines is 1. The topological polar surface area (TPSA) is 46.1 Å². The molecule has 0 radical (unpaired) electrons. The number of aromatic nitrogens is 2. The van der Waals surface area contributed by atoms with Crippen LogP contribution in [0.4, 0.5) is 5.13 Å². The Morgan fingerprint density at radius 1 is 1.19 bits per heavy atom. The lowest BCUT2D eigenvalue weighted by Gasteiger charge is -2.27. The van der Waals surface area contributed by atoms with Gasteiger partial charge in [-0.2, -0.15) is 0 Å². The second-order valence-corrected chi connectivity index (χ2v) is 8.28. The predicted molar refractivity (Wildman–Crippen MR) is 111 cm³/mol. The Labute approximate surface area is 164 Å². The summed E-state index contributed by atoms with van der Waals surface area (Å²) >= 11 is 1.61. The highest BCUT2D eigenvalue weighted by Gasteiger charge is 2.29. The third-order valence-electron chi connectivity index (χ3n) is 5.36. The van der Waals surface area contributed by atoms with Gasteiger partial charge in [0.15, 0.2) is 5.13 Å². The van der Waals surface area contributed by atoms with Crippen LogP contribution in [0.3, 0.4) is 0 Å². The van der Waals surface area contributed by atoms with Crippen molar-refractivity contribution in [3.8, 4) is 0 Å². The maximum Gasteiger partial charge on any atom is 0.232 e. The minimum atomic E-state index is 0.119. The van der Waals surface area contributed by atoms with E-state index in [9.17, 15) is 4.79 Å². The number of thiazole rings is 1. The lowest BCUT2D eigenvalue weighted by atomic mass is 9.88. The molecule has 4 rings (SSSR count). The van der Waals surface area contributed by atoms with Gasteiger partial charge in [-0.15, -0.1) is 0 Å². The van der Waals surface area contributed by atoms with Gasteiger partial charge < -0.3 is 0 Å². The Morgan fingerprint density at radius 3 is 2.78 bits per heavy atom. The summed E-state index contributed by atoms with van der Waals surface area (Å²) in [5.41, 5.74) is 3.30. The third kappa shape index (κ3) is 4.03. The number of carbonyl (C=O) groups is 1. The molecule has 1 aliphatic rings. The molecule has 1 fully saturated rings. The molecule has 5 heteroatoms. The van der Waals surface area contributed by atoms with Crippen molar-refractivity contribution >= 4 is 32.6 Å². The van der Waals surface area contributed by atoms with E-state index in [0.717, 1.165) is 53.0 Å². The second-order valence-electron chi connectivity index (χ2n) is 7.27. The van der Waals surface area contributed by atoms with Crippen LogP contribution in [0.2, 0.25) is 0 Å². The second kappa shape index (κ2) is 8.17.